The van der Waals surface area contributed by atoms with Gasteiger partial charge in [0.15, 0.2) is 5.82 Å². The Hall–Kier alpha value is -1.26. The summed E-state index contributed by atoms with van der Waals surface area (Å²) in [5.74, 6) is 0.720. The Balaban J connectivity index is 2.38. The largest absolute Gasteiger partial charge is 0.326 e. The van der Waals surface area contributed by atoms with E-state index in [0.29, 0.717) is 6.54 Å². The molecule has 2 rings (SSSR count). The van der Waals surface area contributed by atoms with Crippen LogP contribution in [0.2, 0.25) is 0 Å². The maximum Gasteiger partial charge on any atom is 0.159 e. The quantitative estimate of drug-likeness (QED) is 0.918. The smallest absolute Gasteiger partial charge is 0.159 e. The number of halogens is 1. The summed E-state index contributed by atoms with van der Waals surface area (Å²) in [6, 6.07) is 6.07. The van der Waals surface area contributed by atoms with Crippen LogP contribution in [0, 0.1) is 6.92 Å². The second-order valence-corrected chi connectivity index (χ2v) is 4.44. The van der Waals surface area contributed by atoms with Crippen molar-refractivity contribution in [2.75, 3.05) is 0 Å². The van der Waals surface area contributed by atoms with Crippen LogP contribution in [0.3, 0.4) is 0 Å². The Kier molecular flexibility index (Phi) is 3.31. The van der Waals surface area contributed by atoms with E-state index in [2.05, 4.69) is 25.9 Å². The van der Waals surface area contributed by atoms with Gasteiger partial charge < -0.3 is 5.73 Å². The van der Waals surface area contributed by atoms with Crippen LogP contribution >= 0.6 is 15.9 Å². The van der Waals surface area contributed by atoms with E-state index in [1.54, 1.807) is 12.4 Å². The van der Waals surface area contributed by atoms with Gasteiger partial charge in [-0.2, -0.15) is 0 Å². The van der Waals surface area contributed by atoms with E-state index >= 15 is 0 Å². The van der Waals surface area contributed by atoms with Crippen molar-refractivity contribution in [2.24, 2.45) is 5.73 Å². The van der Waals surface area contributed by atoms with Gasteiger partial charge in [0.05, 0.1) is 0 Å². The molecule has 0 saturated carbocycles. The van der Waals surface area contributed by atoms with E-state index in [4.69, 9.17) is 5.73 Å². The second-order valence-electron chi connectivity index (χ2n) is 3.58. The standard InChI is InChI=1S/C12H12BrN3/c1-8-2-3-10(4-11(8)13)12-15-6-9(5-14)7-16-12/h2-4,6-7H,5,14H2,1H3. The molecule has 0 fully saturated rings. The number of hydrogen-bond donors (Lipinski definition) is 1. The molecule has 0 bridgehead atoms. The van der Waals surface area contributed by atoms with Gasteiger partial charge in [0, 0.05) is 34.5 Å². The van der Waals surface area contributed by atoms with Crippen molar-refractivity contribution in [1.82, 2.24) is 9.97 Å². The first-order valence-corrected chi connectivity index (χ1v) is 5.77. The SMILES string of the molecule is Cc1ccc(-c2ncc(CN)cn2)cc1Br. The molecule has 1 heterocycles. The molecule has 3 nitrogen and oxygen atoms in total. The fourth-order valence-electron chi connectivity index (χ4n) is 1.34. The molecule has 0 amide bonds. The third-order valence-corrected chi connectivity index (χ3v) is 3.23. The number of aryl methyl sites for hydroxylation is 1. The van der Waals surface area contributed by atoms with Crippen molar-refractivity contribution < 1.29 is 0 Å². The topological polar surface area (TPSA) is 51.8 Å². The lowest BCUT2D eigenvalue weighted by Gasteiger charge is -2.03. The molecule has 2 aromatic rings. The van der Waals surface area contributed by atoms with Crippen LogP contribution in [0.5, 0.6) is 0 Å². The highest BCUT2D eigenvalue weighted by molar-refractivity contribution is 9.10. The lowest BCUT2D eigenvalue weighted by Crippen LogP contribution is -1.99. The Morgan fingerprint density at radius 1 is 1.25 bits per heavy atom. The molecule has 0 atom stereocenters. The van der Waals surface area contributed by atoms with Gasteiger partial charge in [-0.25, -0.2) is 9.97 Å². The van der Waals surface area contributed by atoms with Gasteiger partial charge in [-0.05, 0) is 18.6 Å². The highest BCUT2D eigenvalue weighted by Gasteiger charge is 2.03. The minimum Gasteiger partial charge on any atom is -0.326 e. The van der Waals surface area contributed by atoms with Crippen molar-refractivity contribution in [2.45, 2.75) is 13.5 Å². The average molecular weight is 278 g/mol. The predicted octanol–water partition coefficient (Wildman–Crippen LogP) is 2.67. The monoisotopic (exact) mass is 277 g/mol. The first-order chi connectivity index (χ1) is 7.70. The van der Waals surface area contributed by atoms with Crippen LogP contribution in [-0.4, -0.2) is 9.97 Å². The van der Waals surface area contributed by atoms with Crippen molar-refractivity contribution in [3.05, 3.63) is 46.2 Å². The van der Waals surface area contributed by atoms with E-state index < -0.39 is 0 Å². The highest BCUT2D eigenvalue weighted by Crippen LogP contribution is 2.22. The number of rotatable bonds is 2. The molecule has 82 valence electrons. The van der Waals surface area contributed by atoms with E-state index in [1.165, 1.54) is 5.56 Å². The van der Waals surface area contributed by atoms with Crippen LogP contribution in [0.15, 0.2) is 35.1 Å². The van der Waals surface area contributed by atoms with Gasteiger partial charge in [-0.3, -0.25) is 0 Å². The Bertz CT molecular complexity index is 494. The molecule has 1 aromatic heterocycles. The maximum absolute atomic E-state index is 5.50. The summed E-state index contributed by atoms with van der Waals surface area (Å²) in [7, 11) is 0. The zero-order chi connectivity index (χ0) is 11.5. The zero-order valence-corrected chi connectivity index (χ0v) is 10.5. The Morgan fingerprint density at radius 2 is 1.94 bits per heavy atom. The van der Waals surface area contributed by atoms with Crippen molar-refractivity contribution in [3.8, 4) is 11.4 Å². The van der Waals surface area contributed by atoms with E-state index in [0.717, 1.165) is 21.4 Å². The van der Waals surface area contributed by atoms with Crippen LogP contribution in [0.1, 0.15) is 11.1 Å². The molecule has 0 radical (unpaired) electrons. The fraction of sp³-hybridized carbons (Fsp3) is 0.167. The van der Waals surface area contributed by atoms with E-state index in [9.17, 15) is 0 Å². The van der Waals surface area contributed by atoms with Crippen molar-refractivity contribution >= 4 is 15.9 Å². The molecular formula is C12H12BrN3. The van der Waals surface area contributed by atoms with Crippen LogP contribution in [-0.2, 0) is 6.54 Å². The second kappa shape index (κ2) is 4.72. The molecule has 0 aliphatic carbocycles. The third kappa shape index (κ3) is 2.28. The summed E-state index contributed by atoms with van der Waals surface area (Å²) in [4.78, 5) is 8.56. The van der Waals surface area contributed by atoms with Gasteiger partial charge in [0.25, 0.3) is 0 Å². The third-order valence-electron chi connectivity index (χ3n) is 2.37. The number of nitrogens with two attached hydrogens (primary N) is 1. The van der Waals surface area contributed by atoms with E-state index in [-0.39, 0.29) is 0 Å². The Morgan fingerprint density at radius 3 is 2.50 bits per heavy atom. The lowest BCUT2D eigenvalue weighted by atomic mass is 10.1. The van der Waals surface area contributed by atoms with Crippen molar-refractivity contribution in [1.29, 1.82) is 0 Å². The van der Waals surface area contributed by atoms with E-state index in [1.807, 2.05) is 25.1 Å². The van der Waals surface area contributed by atoms with Crippen molar-refractivity contribution in [3.63, 3.8) is 0 Å². The molecule has 4 heteroatoms. The van der Waals surface area contributed by atoms with Crippen LogP contribution in [0.25, 0.3) is 11.4 Å². The Labute approximate surface area is 103 Å². The number of aromatic nitrogens is 2. The lowest BCUT2D eigenvalue weighted by molar-refractivity contribution is 1.01. The average Bonchev–Trinajstić information content (AvgIpc) is 2.33. The number of benzene rings is 1. The first-order valence-electron chi connectivity index (χ1n) is 4.98. The molecule has 0 saturated heterocycles. The van der Waals surface area contributed by atoms with Gasteiger partial charge >= 0.3 is 0 Å². The normalized spacial score (nSPS) is 10.4. The summed E-state index contributed by atoms with van der Waals surface area (Å²) < 4.78 is 1.07. The summed E-state index contributed by atoms with van der Waals surface area (Å²) in [6.07, 6.45) is 3.52. The molecular weight excluding hydrogens is 266 g/mol. The summed E-state index contributed by atoms with van der Waals surface area (Å²) in [6.45, 7) is 2.52. The summed E-state index contributed by atoms with van der Waals surface area (Å²) in [5, 5.41) is 0. The van der Waals surface area contributed by atoms with Gasteiger partial charge in [0.2, 0.25) is 0 Å². The predicted molar refractivity (Wildman–Crippen MR) is 67.8 cm³/mol. The molecule has 16 heavy (non-hydrogen) atoms. The van der Waals surface area contributed by atoms with Gasteiger partial charge in [-0.15, -0.1) is 0 Å². The van der Waals surface area contributed by atoms with Gasteiger partial charge in [0.1, 0.15) is 0 Å². The highest BCUT2D eigenvalue weighted by atomic mass is 79.9. The minimum atomic E-state index is 0.470. The summed E-state index contributed by atoms with van der Waals surface area (Å²) in [5.41, 5.74) is 8.63. The molecule has 1 aromatic carbocycles. The zero-order valence-electron chi connectivity index (χ0n) is 8.94. The molecule has 0 aliphatic heterocycles. The molecule has 0 unspecified atom stereocenters. The fourth-order valence-corrected chi connectivity index (χ4v) is 1.72. The number of nitrogens with zero attached hydrogens (tertiary/aromatic N) is 2. The van der Waals surface area contributed by atoms with Crippen LogP contribution in [0.4, 0.5) is 0 Å². The maximum atomic E-state index is 5.50. The minimum absolute atomic E-state index is 0.470. The molecule has 0 aliphatic rings. The molecule has 2 N–H and O–H groups in total. The number of hydrogen-bond acceptors (Lipinski definition) is 3. The van der Waals surface area contributed by atoms with Crippen LogP contribution < -0.4 is 5.73 Å². The first kappa shape index (κ1) is 11.2. The summed E-state index contributed by atoms with van der Waals surface area (Å²) >= 11 is 3.50. The van der Waals surface area contributed by atoms with Gasteiger partial charge in [-0.1, -0.05) is 28.1 Å². The molecule has 0 spiro atoms.